The number of benzene rings is 1. The summed E-state index contributed by atoms with van der Waals surface area (Å²) in [6.07, 6.45) is 0.196. The average Bonchev–Trinajstić information content (AvgIpc) is 2.78. The van der Waals surface area contributed by atoms with E-state index in [0.717, 1.165) is 10.0 Å². The fourth-order valence-corrected chi connectivity index (χ4v) is 1.66. The number of nitrogens with zero attached hydrogens (tertiary/aromatic N) is 2. The van der Waals surface area contributed by atoms with Crippen LogP contribution >= 0.6 is 15.9 Å². The highest BCUT2D eigenvalue weighted by atomic mass is 79.9. The molecule has 0 radical (unpaired) electrons. The minimum atomic E-state index is -0.0203. The van der Waals surface area contributed by atoms with E-state index in [1.165, 1.54) is 0 Å². The third-order valence-electron chi connectivity index (χ3n) is 2.54. The van der Waals surface area contributed by atoms with Crippen molar-refractivity contribution in [3.63, 3.8) is 0 Å². The van der Waals surface area contributed by atoms with Gasteiger partial charge < -0.3 is 4.52 Å². The summed E-state index contributed by atoms with van der Waals surface area (Å²) in [6.45, 7) is 3.71. The first kappa shape index (κ1) is 13.0. The van der Waals surface area contributed by atoms with E-state index in [0.29, 0.717) is 11.7 Å². The SMILES string of the molecule is CC(C)C(=O)Cc1nc(-c2ccc(Br)cc2)no1. The van der Waals surface area contributed by atoms with Gasteiger partial charge in [0.2, 0.25) is 11.7 Å². The molecule has 0 saturated carbocycles. The molecule has 2 aromatic rings. The molecule has 2 rings (SSSR count). The number of Topliss-reactive ketones (excluding diaryl/α,β-unsaturated/α-hetero) is 1. The largest absolute Gasteiger partial charge is 0.339 e. The molecule has 0 N–H and O–H groups in total. The Morgan fingerprint density at radius 1 is 1.33 bits per heavy atom. The summed E-state index contributed by atoms with van der Waals surface area (Å²) in [5, 5.41) is 3.87. The fourth-order valence-electron chi connectivity index (χ4n) is 1.40. The Morgan fingerprint density at radius 3 is 2.61 bits per heavy atom. The highest BCUT2D eigenvalue weighted by molar-refractivity contribution is 9.10. The van der Waals surface area contributed by atoms with Crippen molar-refractivity contribution in [2.45, 2.75) is 20.3 Å². The van der Waals surface area contributed by atoms with Crippen molar-refractivity contribution in [2.24, 2.45) is 5.92 Å². The van der Waals surface area contributed by atoms with Gasteiger partial charge in [-0.1, -0.05) is 34.9 Å². The van der Waals surface area contributed by atoms with Gasteiger partial charge >= 0.3 is 0 Å². The first-order chi connectivity index (χ1) is 8.56. The molecule has 0 aliphatic heterocycles. The lowest BCUT2D eigenvalue weighted by Crippen LogP contribution is -2.10. The summed E-state index contributed by atoms with van der Waals surface area (Å²) in [5.41, 5.74) is 0.866. The minimum Gasteiger partial charge on any atom is -0.339 e. The molecule has 94 valence electrons. The van der Waals surface area contributed by atoms with Gasteiger partial charge in [-0.25, -0.2) is 0 Å². The Kier molecular flexibility index (Phi) is 3.91. The van der Waals surface area contributed by atoms with Gasteiger partial charge in [0, 0.05) is 16.0 Å². The molecule has 0 aliphatic rings. The lowest BCUT2D eigenvalue weighted by molar-refractivity contribution is -0.121. The second kappa shape index (κ2) is 5.44. The van der Waals surface area contributed by atoms with Gasteiger partial charge in [-0.2, -0.15) is 4.98 Å². The lowest BCUT2D eigenvalue weighted by atomic mass is 10.1. The van der Waals surface area contributed by atoms with Crippen LogP contribution in [-0.4, -0.2) is 15.9 Å². The van der Waals surface area contributed by atoms with E-state index in [2.05, 4.69) is 26.1 Å². The van der Waals surface area contributed by atoms with Gasteiger partial charge in [0.15, 0.2) is 0 Å². The smallest absolute Gasteiger partial charge is 0.234 e. The van der Waals surface area contributed by atoms with Gasteiger partial charge in [-0.15, -0.1) is 0 Å². The van der Waals surface area contributed by atoms with Crippen molar-refractivity contribution in [3.05, 3.63) is 34.6 Å². The number of carbonyl (C=O) groups is 1. The van der Waals surface area contributed by atoms with Crippen molar-refractivity contribution in [1.29, 1.82) is 0 Å². The second-order valence-corrected chi connectivity index (χ2v) is 5.23. The Balaban J connectivity index is 2.15. The Bertz CT molecular complexity index is 546. The van der Waals surface area contributed by atoms with E-state index < -0.39 is 0 Å². The van der Waals surface area contributed by atoms with Gasteiger partial charge in [0.25, 0.3) is 0 Å². The summed E-state index contributed by atoms with van der Waals surface area (Å²) < 4.78 is 6.07. The monoisotopic (exact) mass is 308 g/mol. The van der Waals surface area contributed by atoms with E-state index in [9.17, 15) is 4.79 Å². The highest BCUT2D eigenvalue weighted by Crippen LogP contribution is 2.19. The molecule has 0 saturated heterocycles. The van der Waals surface area contributed by atoms with E-state index in [-0.39, 0.29) is 18.1 Å². The van der Waals surface area contributed by atoms with Crippen LogP contribution in [-0.2, 0) is 11.2 Å². The number of hydrogen-bond donors (Lipinski definition) is 0. The molecule has 1 heterocycles. The van der Waals surface area contributed by atoms with Gasteiger partial charge in [0.05, 0.1) is 6.42 Å². The molecule has 1 aromatic heterocycles. The number of hydrogen-bond acceptors (Lipinski definition) is 4. The number of rotatable bonds is 4. The quantitative estimate of drug-likeness (QED) is 0.870. The molecule has 0 fully saturated rings. The van der Waals surface area contributed by atoms with E-state index in [1.54, 1.807) is 0 Å². The highest BCUT2D eigenvalue weighted by Gasteiger charge is 2.14. The average molecular weight is 309 g/mol. The summed E-state index contributed by atoms with van der Waals surface area (Å²) in [7, 11) is 0. The predicted molar refractivity (Wildman–Crippen MR) is 71.0 cm³/mol. The van der Waals surface area contributed by atoms with Crippen LogP contribution in [0.4, 0.5) is 0 Å². The Labute approximate surface area is 114 Å². The molecule has 1 aromatic carbocycles. The summed E-state index contributed by atoms with van der Waals surface area (Å²) >= 11 is 3.36. The molecular weight excluding hydrogens is 296 g/mol. The standard InChI is InChI=1S/C13H13BrN2O2/c1-8(2)11(17)7-12-15-13(16-18-12)9-3-5-10(14)6-4-9/h3-6,8H,7H2,1-2H3. The zero-order valence-electron chi connectivity index (χ0n) is 10.2. The van der Waals surface area contributed by atoms with E-state index in [4.69, 9.17) is 4.52 Å². The summed E-state index contributed by atoms with van der Waals surface area (Å²) in [6, 6.07) is 7.60. The van der Waals surface area contributed by atoms with Crippen LogP contribution in [0.15, 0.2) is 33.3 Å². The van der Waals surface area contributed by atoms with Crippen LogP contribution in [0, 0.1) is 5.92 Å². The van der Waals surface area contributed by atoms with Crippen LogP contribution in [0.2, 0.25) is 0 Å². The predicted octanol–water partition coefficient (Wildman–Crippen LogP) is 3.27. The molecule has 18 heavy (non-hydrogen) atoms. The van der Waals surface area contributed by atoms with Crippen molar-refractivity contribution < 1.29 is 9.32 Å². The van der Waals surface area contributed by atoms with Crippen LogP contribution in [0.25, 0.3) is 11.4 Å². The number of ketones is 1. The van der Waals surface area contributed by atoms with Crippen molar-refractivity contribution in [3.8, 4) is 11.4 Å². The van der Waals surface area contributed by atoms with E-state index in [1.807, 2.05) is 38.1 Å². The molecule has 0 bridgehead atoms. The van der Waals surface area contributed by atoms with Crippen LogP contribution < -0.4 is 0 Å². The van der Waals surface area contributed by atoms with Crippen molar-refractivity contribution in [1.82, 2.24) is 10.1 Å². The van der Waals surface area contributed by atoms with Crippen LogP contribution in [0.3, 0.4) is 0 Å². The topological polar surface area (TPSA) is 56.0 Å². The number of halogens is 1. The number of carbonyl (C=O) groups excluding carboxylic acids is 1. The van der Waals surface area contributed by atoms with Crippen molar-refractivity contribution >= 4 is 21.7 Å². The molecule has 0 amide bonds. The maximum absolute atomic E-state index is 11.6. The molecule has 0 spiro atoms. The lowest BCUT2D eigenvalue weighted by Gasteiger charge is -1.98. The summed E-state index contributed by atoms with van der Waals surface area (Å²) in [4.78, 5) is 15.8. The van der Waals surface area contributed by atoms with E-state index >= 15 is 0 Å². The molecule has 5 heteroatoms. The molecule has 0 atom stereocenters. The van der Waals surface area contributed by atoms with Crippen LogP contribution in [0.5, 0.6) is 0 Å². The second-order valence-electron chi connectivity index (χ2n) is 4.32. The van der Waals surface area contributed by atoms with Gasteiger partial charge in [-0.05, 0) is 24.3 Å². The molecule has 0 unspecified atom stereocenters. The van der Waals surface area contributed by atoms with Crippen LogP contribution in [0.1, 0.15) is 19.7 Å². The Hall–Kier alpha value is -1.49. The third-order valence-corrected chi connectivity index (χ3v) is 3.07. The summed E-state index contributed by atoms with van der Waals surface area (Å²) in [5.74, 6) is 0.953. The number of aromatic nitrogens is 2. The first-order valence-electron chi connectivity index (χ1n) is 5.67. The normalized spacial score (nSPS) is 10.9. The van der Waals surface area contributed by atoms with Gasteiger partial charge in [-0.3, -0.25) is 4.79 Å². The zero-order valence-corrected chi connectivity index (χ0v) is 11.8. The Morgan fingerprint density at radius 2 is 2.00 bits per heavy atom. The molecular formula is C13H13BrN2O2. The maximum Gasteiger partial charge on any atom is 0.234 e. The zero-order chi connectivity index (χ0) is 13.1. The van der Waals surface area contributed by atoms with Crippen molar-refractivity contribution in [2.75, 3.05) is 0 Å². The fraction of sp³-hybridized carbons (Fsp3) is 0.308. The molecule has 4 nitrogen and oxygen atoms in total. The van der Waals surface area contributed by atoms with Gasteiger partial charge in [0.1, 0.15) is 5.78 Å². The molecule has 0 aliphatic carbocycles. The first-order valence-corrected chi connectivity index (χ1v) is 6.47. The maximum atomic E-state index is 11.6. The minimum absolute atomic E-state index is 0.0203. The third kappa shape index (κ3) is 3.04.